The second-order valence-electron chi connectivity index (χ2n) is 5.10. The molecule has 1 saturated heterocycles. The molecule has 2 heterocycles. The zero-order valence-corrected chi connectivity index (χ0v) is 10.5. The molecule has 0 aliphatic carbocycles. The molecule has 2 rings (SSSR count). The average Bonchev–Trinajstić information content (AvgIpc) is 2.38. The van der Waals surface area contributed by atoms with Gasteiger partial charge in [0, 0.05) is 25.4 Å². The van der Waals surface area contributed by atoms with E-state index in [0.29, 0.717) is 5.82 Å². The van der Waals surface area contributed by atoms with Gasteiger partial charge in [0.05, 0.1) is 11.0 Å². The van der Waals surface area contributed by atoms with Crippen molar-refractivity contribution in [2.75, 3.05) is 25.0 Å². The Labute approximate surface area is 106 Å². The fourth-order valence-corrected chi connectivity index (χ4v) is 2.20. The molecular formula is C12H18N4O2. The summed E-state index contributed by atoms with van der Waals surface area (Å²) in [5, 5.41) is 17.2. The molecule has 0 aromatic carbocycles. The average molecular weight is 250 g/mol. The first-order valence-corrected chi connectivity index (χ1v) is 6.14. The van der Waals surface area contributed by atoms with Crippen LogP contribution in [-0.2, 0) is 0 Å². The number of anilines is 1. The van der Waals surface area contributed by atoms with Crippen molar-refractivity contribution in [2.24, 2.45) is 5.41 Å². The summed E-state index contributed by atoms with van der Waals surface area (Å²) in [5.41, 5.74) is 0.254. The SMILES string of the molecule is CC1(CNc2cc([N+](=O)[O-])ccn2)CCCNC1. The maximum Gasteiger partial charge on any atom is 0.274 e. The van der Waals surface area contributed by atoms with E-state index in [2.05, 4.69) is 22.5 Å². The zero-order valence-electron chi connectivity index (χ0n) is 10.5. The van der Waals surface area contributed by atoms with Crippen LogP contribution in [0.4, 0.5) is 11.5 Å². The zero-order chi connectivity index (χ0) is 13.0. The van der Waals surface area contributed by atoms with E-state index in [1.54, 1.807) is 0 Å². The molecule has 1 aromatic rings. The lowest BCUT2D eigenvalue weighted by Gasteiger charge is -2.34. The molecule has 1 unspecified atom stereocenters. The molecule has 6 nitrogen and oxygen atoms in total. The summed E-state index contributed by atoms with van der Waals surface area (Å²) >= 11 is 0. The molecule has 18 heavy (non-hydrogen) atoms. The summed E-state index contributed by atoms with van der Waals surface area (Å²) in [6.07, 6.45) is 3.78. The Kier molecular flexibility index (Phi) is 3.76. The molecule has 0 bridgehead atoms. The van der Waals surface area contributed by atoms with E-state index in [-0.39, 0.29) is 11.1 Å². The first kappa shape index (κ1) is 12.8. The van der Waals surface area contributed by atoms with Crippen molar-refractivity contribution in [3.05, 3.63) is 28.4 Å². The molecule has 1 aliphatic rings. The molecule has 1 aliphatic heterocycles. The van der Waals surface area contributed by atoms with Gasteiger partial charge in [0.15, 0.2) is 0 Å². The number of hydrogen-bond acceptors (Lipinski definition) is 5. The van der Waals surface area contributed by atoms with Crippen LogP contribution in [0, 0.1) is 15.5 Å². The van der Waals surface area contributed by atoms with Crippen LogP contribution in [0.25, 0.3) is 0 Å². The predicted molar refractivity (Wildman–Crippen MR) is 69.6 cm³/mol. The third-order valence-corrected chi connectivity index (χ3v) is 3.34. The van der Waals surface area contributed by atoms with Crippen LogP contribution < -0.4 is 10.6 Å². The molecular weight excluding hydrogens is 232 g/mol. The summed E-state index contributed by atoms with van der Waals surface area (Å²) in [6, 6.07) is 2.87. The fraction of sp³-hybridized carbons (Fsp3) is 0.583. The van der Waals surface area contributed by atoms with Gasteiger partial charge < -0.3 is 10.6 Å². The quantitative estimate of drug-likeness (QED) is 0.629. The normalized spacial score (nSPS) is 23.6. The summed E-state index contributed by atoms with van der Waals surface area (Å²) in [6.45, 7) is 5.03. The van der Waals surface area contributed by atoms with E-state index >= 15 is 0 Å². The van der Waals surface area contributed by atoms with Crippen molar-refractivity contribution in [3.63, 3.8) is 0 Å². The van der Waals surface area contributed by atoms with E-state index < -0.39 is 4.92 Å². The summed E-state index contributed by atoms with van der Waals surface area (Å²) < 4.78 is 0. The minimum Gasteiger partial charge on any atom is -0.369 e. The second kappa shape index (κ2) is 5.30. The number of pyridine rings is 1. The number of nitro groups is 1. The first-order valence-electron chi connectivity index (χ1n) is 6.14. The van der Waals surface area contributed by atoms with Crippen molar-refractivity contribution in [1.82, 2.24) is 10.3 Å². The Balaban J connectivity index is 1.97. The number of nitrogens with zero attached hydrogens (tertiary/aromatic N) is 2. The molecule has 0 spiro atoms. The molecule has 1 aromatic heterocycles. The lowest BCUT2D eigenvalue weighted by atomic mass is 9.83. The van der Waals surface area contributed by atoms with Crippen molar-refractivity contribution in [3.8, 4) is 0 Å². The van der Waals surface area contributed by atoms with Crippen LogP contribution in [0.5, 0.6) is 0 Å². The van der Waals surface area contributed by atoms with Crippen LogP contribution in [0.1, 0.15) is 19.8 Å². The number of hydrogen-bond donors (Lipinski definition) is 2. The topological polar surface area (TPSA) is 80.1 Å². The highest BCUT2D eigenvalue weighted by atomic mass is 16.6. The Morgan fingerprint density at radius 1 is 1.67 bits per heavy atom. The molecule has 1 atom stereocenters. The highest BCUT2D eigenvalue weighted by Gasteiger charge is 2.26. The molecule has 0 amide bonds. The van der Waals surface area contributed by atoms with Crippen molar-refractivity contribution in [2.45, 2.75) is 19.8 Å². The lowest BCUT2D eigenvalue weighted by molar-refractivity contribution is -0.384. The van der Waals surface area contributed by atoms with Gasteiger partial charge in [0.2, 0.25) is 0 Å². The summed E-state index contributed by atoms with van der Waals surface area (Å²) in [4.78, 5) is 14.4. The van der Waals surface area contributed by atoms with Gasteiger partial charge in [-0.1, -0.05) is 6.92 Å². The highest BCUT2D eigenvalue weighted by molar-refractivity contribution is 5.44. The van der Waals surface area contributed by atoms with Gasteiger partial charge in [-0.15, -0.1) is 0 Å². The van der Waals surface area contributed by atoms with E-state index in [1.807, 2.05) is 0 Å². The fourth-order valence-electron chi connectivity index (χ4n) is 2.20. The Morgan fingerprint density at radius 3 is 3.17 bits per heavy atom. The number of aromatic nitrogens is 1. The van der Waals surface area contributed by atoms with Crippen LogP contribution in [0.2, 0.25) is 0 Å². The smallest absolute Gasteiger partial charge is 0.274 e. The van der Waals surface area contributed by atoms with Gasteiger partial charge in [0.25, 0.3) is 5.69 Å². The van der Waals surface area contributed by atoms with E-state index in [1.165, 1.54) is 24.8 Å². The third-order valence-electron chi connectivity index (χ3n) is 3.34. The molecule has 2 N–H and O–H groups in total. The monoisotopic (exact) mass is 250 g/mol. The largest absolute Gasteiger partial charge is 0.369 e. The van der Waals surface area contributed by atoms with Crippen LogP contribution in [0.15, 0.2) is 18.3 Å². The molecule has 0 radical (unpaired) electrons. The van der Waals surface area contributed by atoms with Gasteiger partial charge in [0.1, 0.15) is 5.82 Å². The van der Waals surface area contributed by atoms with Gasteiger partial charge in [-0.2, -0.15) is 0 Å². The lowest BCUT2D eigenvalue weighted by Crippen LogP contribution is -2.42. The van der Waals surface area contributed by atoms with Crippen molar-refractivity contribution in [1.29, 1.82) is 0 Å². The van der Waals surface area contributed by atoms with Crippen molar-refractivity contribution < 1.29 is 4.92 Å². The number of piperidine rings is 1. The second-order valence-corrected chi connectivity index (χ2v) is 5.10. The van der Waals surface area contributed by atoms with Gasteiger partial charge >= 0.3 is 0 Å². The maximum absolute atomic E-state index is 10.7. The molecule has 98 valence electrons. The van der Waals surface area contributed by atoms with E-state index in [0.717, 1.165) is 26.1 Å². The minimum absolute atomic E-state index is 0.0689. The van der Waals surface area contributed by atoms with Gasteiger partial charge in [-0.3, -0.25) is 10.1 Å². The summed E-state index contributed by atoms with van der Waals surface area (Å²) in [5.74, 6) is 0.566. The molecule has 1 fully saturated rings. The molecule has 6 heteroatoms. The Hall–Kier alpha value is -1.69. The van der Waals surface area contributed by atoms with Crippen LogP contribution in [0.3, 0.4) is 0 Å². The predicted octanol–water partition coefficient (Wildman–Crippen LogP) is 1.79. The van der Waals surface area contributed by atoms with Crippen LogP contribution in [-0.4, -0.2) is 29.5 Å². The summed E-state index contributed by atoms with van der Waals surface area (Å²) in [7, 11) is 0. The standard InChI is InChI=1S/C12H18N4O2/c1-12(4-2-5-13-8-12)9-15-11-7-10(16(17)18)3-6-14-11/h3,6-7,13H,2,4-5,8-9H2,1H3,(H,14,15). The van der Waals surface area contributed by atoms with E-state index in [4.69, 9.17) is 0 Å². The van der Waals surface area contributed by atoms with Crippen molar-refractivity contribution >= 4 is 11.5 Å². The number of rotatable bonds is 4. The van der Waals surface area contributed by atoms with E-state index in [9.17, 15) is 10.1 Å². The van der Waals surface area contributed by atoms with Crippen LogP contribution >= 0.6 is 0 Å². The Bertz CT molecular complexity index is 430. The first-order chi connectivity index (χ1) is 8.59. The number of nitrogens with one attached hydrogen (secondary N) is 2. The highest BCUT2D eigenvalue weighted by Crippen LogP contribution is 2.26. The van der Waals surface area contributed by atoms with Gasteiger partial charge in [-0.05, 0) is 24.8 Å². The third kappa shape index (κ3) is 3.16. The maximum atomic E-state index is 10.7. The molecule has 0 saturated carbocycles. The Morgan fingerprint density at radius 2 is 2.50 bits per heavy atom. The minimum atomic E-state index is -0.406. The van der Waals surface area contributed by atoms with Gasteiger partial charge in [-0.25, -0.2) is 4.98 Å².